The Bertz CT molecular complexity index is 689. The van der Waals surface area contributed by atoms with Crippen LogP contribution < -0.4 is 15.0 Å². The standard InChI is InChI=1S/C20H24N2O2/c1-15-11-13-22(14-12-15)19-6-4-3-5-18(19)21-20(23)16-7-9-17(24-2)10-8-16/h3-10,15H,11-14H2,1-2H3,(H,21,23). The number of anilines is 2. The van der Waals surface area contributed by atoms with Crippen LogP contribution in [0.5, 0.6) is 5.75 Å². The minimum Gasteiger partial charge on any atom is -0.497 e. The van der Waals surface area contributed by atoms with E-state index in [1.807, 2.05) is 18.2 Å². The van der Waals surface area contributed by atoms with Crippen molar-refractivity contribution in [3.8, 4) is 5.75 Å². The van der Waals surface area contributed by atoms with Gasteiger partial charge in [0.1, 0.15) is 5.75 Å². The van der Waals surface area contributed by atoms with Crippen LogP contribution in [-0.2, 0) is 0 Å². The Hall–Kier alpha value is -2.49. The van der Waals surface area contributed by atoms with Crippen LogP contribution in [-0.4, -0.2) is 26.1 Å². The summed E-state index contributed by atoms with van der Waals surface area (Å²) in [5, 5.41) is 3.05. The Labute approximate surface area is 143 Å². The molecule has 1 aliphatic rings. The highest BCUT2D eigenvalue weighted by atomic mass is 16.5. The van der Waals surface area contributed by atoms with Gasteiger partial charge in [0, 0.05) is 18.7 Å². The van der Waals surface area contributed by atoms with Crippen LogP contribution in [0.4, 0.5) is 11.4 Å². The van der Waals surface area contributed by atoms with Gasteiger partial charge in [-0.25, -0.2) is 0 Å². The first-order valence-electron chi connectivity index (χ1n) is 8.47. The molecule has 4 heteroatoms. The second-order valence-corrected chi connectivity index (χ2v) is 6.37. The van der Waals surface area contributed by atoms with Gasteiger partial charge in [-0.2, -0.15) is 0 Å². The Balaban J connectivity index is 1.75. The lowest BCUT2D eigenvalue weighted by molar-refractivity contribution is 0.102. The molecule has 2 aromatic rings. The van der Waals surface area contributed by atoms with Gasteiger partial charge in [-0.3, -0.25) is 4.79 Å². The number of carbonyl (C=O) groups is 1. The van der Waals surface area contributed by atoms with E-state index >= 15 is 0 Å². The maximum Gasteiger partial charge on any atom is 0.255 e. The fraction of sp³-hybridized carbons (Fsp3) is 0.350. The first-order chi connectivity index (χ1) is 11.7. The van der Waals surface area contributed by atoms with Gasteiger partial charge in [-0.15, -0.1) is 0 Å². The maximum absolute atomic E-state index is 12.5. The Kier molecular flexibility index (Phi) is 5.04. The molecule has 0 bridgehead atoms. The molecule has 0 atom stereocenters. The quantitative estimate of drug-likeness (QED) is 0.917. The summed E-state index contributed by atoms with van der Waals surface area (Å²) in [7, 11) is 1.62. The molecule has 1 aliphatic heterocycles. The molecule has 1 amide bonds. The minimum atomic E-state index is -0.101. The Morgan fingerprint density at radius 3 is 2.42 bits per heavy atom. The lowest BCUT2D eigenvalue weighted by Crippen LogP contribution is -2.33. The normalized spacial score (nSPS) is 15.2. The molecule has 2 aromatic carbocycles. The van der Waals surface area contributed by atoms with Gasteiger partial charge in [0.2, 0.25) is 0 Å². The predicted octanol–water partition coefficient (Wildman–Crippen LogP) is 4.18. The summed E-state index contributed by atoms with van der Waals surface area (Å²) in [6, 6.07) is 15.2. The van der Waals surface area contributed by atoms with Crippen molar-refractivity contribution < 1.29 is 9.53 Å². The number of rotatable bonds is 4. The fourth-order valence-electron chi connectivity index (χ4n) is 3.04. The maximum atomic E-state index is 12.5. The number of hydrogen-bond acceptors (Lipinski definition) is 3. The molecule has 1 heterocycles. The molecular formula is C20H24N2O2. The highest BCUT2D eigenvalue weighted by molar-refractivity contribution is 6.06. The summed E-state index contributed by atoms with van der Waals surface area (Å²) in [6.45, 7) is 4.38. The van der Waals surface area contributed by atoms with Crippen LogP contribution in [0.25, 0.3) is 0 Å². The van der Waals surface area contributed by atoms with Gasteiger partial charge < -0.3 is 15.0 Å². The van der Waals surface area contributed by atoms with Gasteiger partial charge in [0.05, 0.1) is 18.5 Å². The molecule has 4 nitrogen and oxygen atoms in total. The number of ether oxygens (including phenoxy) is 1. The minimum absolute atomic E-state index is 0.101. The molecule has 0 spiro atoms. The zero-order valence-electron chi connectivity index (χ0n) is 14.3. The molecule has 1 N–H and O–H groups in total. The topological polar surface area (TPSA) is 41.6 Å². The first-order valence-corrected chi connectivity index (χ1v) is 8.47. The number of hydrogen-bond donors (Lipinski definition) is 1. The van der Waals surface area contributed by atoms with Crippen LogP contribution in [0.15, 0.2) is 48.5 Å². The number of nitrogens with one attached hydrogen (secondary N) is 1. The summed E-state index contributed by atoms with van der Waals surface area (Å²) in [5.41, 5.74) is 2.59. The molecular weight excluding hydrogens is 300 g/mol. The number of carbonyl (C=O) groups excluding carboxylic acids is 1. The zero-order valence-corrected chi connectivity index (χ0v) is 14.3. The van der Waals surface area contributed by atoms with E-state index in [0.29, 0.717) is 5.56 Å². The third-order valence-corrected chi connectivity index (χ3v) is 4.63. The van der Waals surface area contributed by atoms with Crippen molar-refractivity contribution in [3.63, 3.8) is 0 Å². The number of piperidine rings is 1. The second kappa shape index (κ2) is 7.39. The number of amides is 1. The third-order valence-electron chi connectivity index (χ3n) is 4.63. The van der Waals surface area contributed by atoms with E-state index in [2.05, 4.69) is 23.2 Å². The number of benzene rings is 2. The van der Waals surface area contributed by atoms with Crippen LogP contribution in [0.3, 0.4) is 0 Å². The Morgan fingerprint density at radius 1 is 1.08 bits per heavy atom. The molecule has 0 radical (unpaired) electrons. The van der Waals surface area contributed by atoms with E-state index in [-0.39, 0.29) is 5.91 Å². The second-order valence-electron chi connectivity index (χ2n) is 6.37. The highest BCUT2D eigenvalue weighted by Gasteiger charge is 2.19. The van der Waals surface area contributed by atoms with E-state index in [4.69, 9.17) is 4.74 Å². The van der Waals surface area contributed by atoms with Crippen LogP contribution in [0.1, 0.15) is 30.1 Å². The summed E-state index contributed by atoms with van der Waals surface area (Å²) >= 11 is 0. The molecule has 3 rings (SSSR count). The average molecular weight is 324 g/mol. The zero-order chi connectivity index (χ0) is 16.9. The van der Waals surface area contributed by atoms with E-state index in [0.717, 1.165) is 36.1 Å². The predicted molar refractivity (Wildman–Crippen MR) is 98.0 cm³/mol. The van der Waals surface area contributed by atoms with Crippen molar-refractivity contribution in [1.82, 2.24) is 0 Å². The van der Waals surface area contributed by atoms with Crippen molar-refractivity contribution in [1.29, 1.82) is 0 Å². The van der Waals surface area contributed by atoms with E-state index < -0.39 is 0 Å². The monoisotopic (exact) mass is 324 g/mol. The van der Waals surface area contributed by atoms with Gasteiger partial charge in [0.15, 0.2) is 0 Å². The highest BCUT2D eigenvalue weighted by Crippen LogP contribution is 2.30. The largest absolute Gasteiger partial charge is 0.497 e. The van der Waals surface area contributed by atoms with Crippen molar-refractivity contribution in [3.05, 3.63) is 54.1 Å². The SMILES string of the molecule is COc1ccc(C(=O)Nc2ccccc2N2CCC(C)CC2)cc1. The average Bonchev–Trinajstić information content (AvgIpc) is 2.63. The van der Waals surface area contributed by atoms with E-state index in [9.17, 15) is 4.79 Å². The van der Waals surface area contributed by atoms with Gasteiger partial charge in [0.25, 0.3) is 5.91 Å². The lowest BCUT2D eigenvalue weighted by atomic mass is 9.98. The lowest BCUT2D eigenvalue weighted by Gasteiger charge is -2.33. The first kappa shape index (κ1) is 16.4. The van der Waals surface area contributed by atoms with E-state index in [1.54, 1.807) is 31.4 Å². The smallest absolute Gasteiger partial charge is 0.255 e. The van der Waals surface area contributed by atoms with Crippen molar-refractivity contribution in [2.75, 3.05) is 30.4 Å². The number of para-hydroxylation sites is 2. The van der Waals surface area contributed by atoms with Crippen molar-refractivity contribution >= 4 is 17.3 Å². The molecule has 0 aliphatic carbocycles. The summed E-state index contributed by atoms with van der Waals surface area (Å²) < 4.78 is 5.14. The number of methoxy groups -OCH3 is 1. The molecule has 0 saturated carbocycles. The Morgan fingerprint density at radius 2 is 1.75 bits per heavy atom. The van der Waals surface area contributed by atoms with Crippen LogP contribution in [0.2, 0.25) is 0 Å². The van der Waals surface area contributed by atoms with Gasteiger partial charge in [-0.1, -0.05) is 19.1 Å². The van der Waals surface area contributed by atoms with Crippen molar-refractivity contribution in [2.24, 2.45) is 5.92 Å². The van der Waals surface area contributed by atoms with Gasteiger partial charge >= 0.3 is 0 Å². The third kappa shape index (κ3) is 3.70. The van der Waals surface area contributed by atoms with Crippen LogP contribution >= 0.6 is 0 Å². The molecule has 24 heavy (non-hydrogen) atoms. The fourth-order valence-corrected chi connectivity index (χ4v) is 3.04. The molecule has 0 unspecified atom stereocenters. The molecule has 0 aromatic heterocycles. The molecule has 126 valence electrons. The van der Waals surface area contributed by atoms with Crippen molar-refractivity contribution in [2.45, 2.75) is 19.8 Å². The summed E-state index contributed by atoms with van der Waals surface area (Å²) in [4.78, 5) is 14.9. The number of nitrogens with zero attached hydrogens (tertiary/aromatic N) is 1. The van der Waals surface area contributed by atoms with Gasteiger partial charge in [-0.05, 0) is 55.2 Å². The van der Waals surface area contributed by atoms with E-state index in [1.165, 1.54) is 12.8 Å². The van der Waals surface area contributed by atoms with Crippen LogP contribution in [0, 0.1) is 5.92 Å². The summed E-state index contributed by atoms with van der Waals surface area (Å²) in [6.07, 6.45) is 2.39. The molecule has 1 saturated heterocycles. The summed E-state index contributed by atoms with van der Waals surface area (Å²) in [5.74, 6) is 1.42. The molecule has 1 fully saturated rings.